The lowest BCUT2D eigenvalue weighted by Crippen LogP contribution is -2.40. The Balaban J connectivity index is 2.15. The van der Waals surface area contributed by atoms with Gasteiger partial charge in [0.15, 0.2) is 0 Å². The quantitative estimate of drug-likeness (QED) is 0.838. The largest absolute Gasteiger partial charge is 0.481 e. The fraction of sp³-hybridized carbons (Fsp3) is 0.467. The number of thiophene rings is 1. The number of likely N-dealkylation sites (N-methyl/N-ethyl adjacent to an activating group) is 1. The normalized spacial score (nSPS) is 12.2. The molecule has 0 aliphatic rings. The van der Waals surface area contributed by atoms with Crippen LogP contribution in [0.1, 0.15) is 23.8 Å². The number of hydrogen-bond donors (Lipinski definition) is 2. The van der Waals surface area contributed by atoms with Gasteiger partial charge in [-0.2, -0.15) is 0 Å². The number of amides is 1. The second-order valence-electron chi connectivity index (χ2n) is 5.46. The molecule has 0 radical (unpaired) electrons. The Hall–Kier alpha value is -2.22. The highest BCUT2D eigenvalue weighted by molar-refractivity contribution is 7.18. The number of carboxylic acid groups (broad SMARTS) is 1. The van der Waals surface area contributed by atoms with Gasteiger partial charge in [-0.15, -0.1) is 11.3 Å². The number of carbonyl (C=O) groups excluding carboxylic acids is 1. The van der Waals surface area contributed by atoms with Crippen LogP contribution in [0.3, 0.4) is 0 Å². The molecule has 1 atom stereocenters. The van der Waals surface area contributed by atoms with Crippen LogP contribution in [0.5, 0.6) is 0 Å². The average molecular weight is 336 g/mol. The predicted molar refractivity (Wildman–Crippen MR) is 89.9 cm³/mol. The fourth-order valence-corrected chi connectivity index (χ4v) is 3.26. The summed E-state index contributed by atoms with van der Waals surface area (Å²) in [5, 5.41) is 12.8. The zero-order valence-corrected chi connectivity index (χ0v) is 14.4. The second-order valence-corrected chi connectivity index (χ2v) is 6.66. The number of aryl methyl sites for hydroxylation is 2. The standard InChI is InChI=1S/C15H20N4O3S/c1-8-10(3)23-14-12(8)13(16-7-17-14)18-9(2)15(22)19(4)6-5-11(20)21/h7,9H,5-6H2,1-4H3,(H,20,21)(H,16,17,18). The number of aromatic nitrogens is 2. The van der Waals surface area contributed by atoms with Crippen LogP contribution in [0.2, 0.25) is 0 Å². The summed E-state index contributed by atoms with van der Waals surface area (Å²) in [5.74, 6) is -0.473. The van der Waals surface area contributed by atoms with Gasteiger partial charge in [0.1, 0.15) is 23.0 Å². The van der Waals surface area contributed by atoms with Crippen molar-refractivity contribution in [1.29, 1.82) is 0 Å². The van der Waals surface area contributed by atoms with Gasteiger partial charge < -0.3 is 15.3 Å². The summed E-state index contributed by atoms with van der Waals surface area (Å²) in [6.07, 6.45) is 1.40. The van der Waals surface area contributed by atoms with E-state index in [4.69, 9.17) is 5.11 Å². The lowest BCUT2D eigenvalue weighted by atomic mass is 10.2. The van der Waals surface area contributed by atoms with E-state index >= 15 is 0 Å². The van der Waals surface area contributed by atoms with Crippen LogP contribution in [-0.4, -0.2) is 51.5 Å². The molecule has 0 saturated carbocycles. The highest BCUT2D eigenvalue weighted by Crippen LogP contribution is 2.32. The molecule has 8 heteroatoms. The van der Waals surface area contributed by atoms with Crippen molar-refractivity contribution in [2.24, 2.45) is 0 Å². The molecular weight excluding hydrogens is 316 g/mol. The van der Waals surface area contributed by atoms with Crippen molar-refractivity contribution in [1.82, 2.24) is 14.9 Å². The third kappa shape index (κ3) is 3.76. The van der Waals surface area contributed by atoms with Crippen LogP contribution in [0.25, 0.3) is 10.2 Å². The van der Waals surface area contributed by atoms with E-state index in [0.29, 0.717) is 5.82 Å². The molecule has 1 amide bonds. The van der Waals surface area contributed by atoms with Crippen molar-refractivity contribution < 1.29 is 14.7 Å². The van der Waals surface area contributed by atoms with Gasteiger partial charge in [-0.3, -0.25) is 9.59 Å². The number of hydrogen-bond acceptors (Lipinski definition) is 6. The van der Waals surface area contributed by atoms with Gasteiger partial charge in [0.2, 0.25) is 5.91 Å². The van der Waals surface area contributed by atoms with Crippen molar-refractivity contribution in [3.8, 4) is 0 Å². The third-order valence-corrected chi connectivity index (χ3v) is 4.84. The molecule has 2 heterocycles. The Morgan fingerprint density at radius 3 is 2.74 bits per heavy atom. The van der Waals surface area contributed by atoms with E-state index in [1.807, 2.05) is 13.8 Å². The molecule has 2 N–H and O–H groups in total. The number of aliphatic carboxylic acids is 1. The van der Waals surface area contributed by atoms with Gasteiger partial charge in [-0.25, -0.2) is 9.97 Å². The summed E-state index contributed by atoms with van der Waals surface area (Å²) >= 11 is 1.59. The maximum absolute atomic E-state index is 12.3. The Morgan fingerprint density at radius 1 is 1.39 bits per heavy atom. The van der Waals surface area contributed by atoms with Crippen molar-refractivity contribution >= 4 is 39.2 Å². The lowest BCUT2D eigenvalue weighted by Gasteiger charge is -2.22. The Bertz CT molecular complexity index is 744. The van der Waals surface area contributed by atoms with Gasteiger partial charge in [0.05, 0.1) is 11.8 Å². The molecule has 2 rings (SSSR count). The van der Waals surface area contributed by atoms with E-state index in [2.05, 4.69) is 15.3 Å². The van der Waals surface area contributed by atoms with Crippen molar-refractivity contribution in [2.45, 2.75) is 33.2 Å². The number of nitrogens with one attached hydrogen (secondary N) is 1. The Labute approximate surface area is 138 Å². The Morgan fingerprint density at radius 2 is 2.09 bits per heavy atom. The summed E-state index contributed by atoms with van der Waals surface area (Å²) in [6.45, 7) is 5.95. The lowest BCUT2D eigenvalue weighted by molar-refractivity contribution is -0.138. The summed E-state index contributed by atoms with van der Waals surface area (Å²) in [5.41, 5.74) is 1.10. The molecule has 0 fully saturated rings. The molecule has 2 aromatic heterocycles. The first-order valence-corrected chi connectivity index (χ1v) is 8.07. The molecule has 0 aromatic carbocycles. The number of fused-ring (bicyclic) bond motifs is 1. The molecular formula is C15H20N4O3S. The first kappa shape index (κ1) is 17.1. The van der Waals surface area contributed by atoms with Crippen LogP contribution >= 0.6 is 11.3 Å². The van der Waals surface area contributed by atoms with Crippen molar-refractivity contribution in [3.63, 3.8) is 0 Å². The highest BCUT2D eigenvalue weighted by atomic mass is 32.1. The minimum atomic E-state index is -0.924. The van der Waals surface area contributed by atoms with Crippen LogP contribution in [0.4, 0.5) is 5.82 Å². The highest BCUT2D eigenvalue weighted by Gasteiger charge is 2.20. The number of carboxylic acids is 1. The average Bonchev–Trinajstić information content (AvgIpc) is 2.79. The first-order valence-electron chi connectivity index (χ1n) is 7.25. The molecule has 23 heavy (non-hydrogen) atoms. The number of carbonyl (C=O) groups is 2. The molecule has 0 aliphatic carbocycles. The zero-order valence-electron chi connectivity index (χ0n) is 13.6. The third-order valence-electron chi connectivity index (χ3n) is 3.73. The summed E-state index contributed by atoms with van der Waals surface area (Å²) < 4.78 is 0. The monoisotopic (exact) mass is 336 g/mol. The topological polar surface area (TPSA) is 95.4 Å². The fourth-order valence-electron chi connectivity index (χ4n) is 2.26. The molecule has 1 unspecified atom stereocenters. The van der Waals surface area contributed by atoms with E-state index in [1.165, 1.54) is 16.1 Å². The van der Waals surface area contributed by atoms with E-state index in [-0.39, 0.29) is 18.9 Å². The molecule has 0 bridgehead atoms. The zero-order chi connectivity index (χ0) is 17.1. The van der Waals surface area contributed by atoms with Crippen molar-refractivity contribution in [3.05, 3.63) is 16.8 Å². The van der Waals surface area contributed by atoms with E-state index in [0.717, 1.165) is 15.8 Å². The SMILES string of the molecule is Cc1sc2ncnc(NC(C)C(=O)N(C)CCC(=O)O)c2c1C. The van der Waals surface area contributed by atoms with Crippen LogP contribution < -0.4 is 5.32 Å². The Kier molecular flexibility index (Phi) is 5.15. The van der Waals surface area contributed by atoms with E-state index in [9.17, 15) is 9.59 Å². The van der Waals surface area contributed by atoms with Gasteiger partial charge >= 0.3 is 5.97 Å². The number of anilines is 1. The van der Waals surface area contributed by atoms with E-state index in [1.54, 1.807) is 25.3 Å². The molecule has 7 nitrogen and oxygen atoms in total. The van der Waals surface area contributed by atoms with Crippen LogP contribution in [0, 0.1) is 13.8 Å². The first-order chi connectivity index (χ1) is 10.8. The maximum Gasteiger partial charge on any atom is 0.305 e. The predicted octanol–water partition coefficient (Wildman–Crippen LogP) is 2.04. The molecule has 2 aromatic rings. The minimum Gasteiger partial charge on any atom is -0.481 e. The molecule has 124 valence electrons. The smallest absolute Gasteiger partial charge is 0.305 e. The van der Waals surface area contributed by atoms with Gasteiger partial charge in [-0.05, 0) is 26.3 Å². The summed E-state index contributed by atoms with van der Waals surface area (Å²) in [4.78, 5) is 34.9. The second kappa shape index (κ2) is 6.91. The summed E-state index contributed by atoms with van der Waals surface area (Å²) in [6, 6.07) is -0.508. The van der Waals surface area contributed by atoms with Crippen molar-refractivity contribution in [2.75, 3.05) is 18.9 Å². The van der Waals surface area contributed by atoms with E-state index < -0.39 is 12.0 Å². The van der Waals surface area contributed by atoms with Gasteiger partial charge in [0, 0.05) is 18.5 Å². The summed E-state index contributed by atoms with van der Waals surface area (Å²) in [7, 11) is 1.60. The maximum atomic E-state index is 12.3. The minimum absolute atomic E-state index is 0.0739. The number of rotatable bonds is 6. The van der Waals surface area contributed by atoms with Gasteiger partial charge in [-0.1, -0.05) is 0 Å². The molecule has 0 aliphatic heterocycles. The molecule has 0 spiro atoms. The van der Waals surface area contributed by atoms with Crippen LogP contribution in [-0.2, 0) is 9.59 Å². The van der Waals surface area contributed by atoms with Crippen LogP contribution in [0.15, 0.2) is 6.33 Å². The number of nitrogens with zero attached hydrogens (tertiary/aromatic N) is 3. The van der Waals surface area contributed by atoms with Gasteiger partial charge in [0.25, 0.3) is 0 Å². The molecule has 0 saturated heterocycles.